The van der Waals surface area contributed by atoms with Crippen molar-refractivity contribution in [3.05, 3.63) is 0 Å². The molecule has 0 saturated carbocycles. The Labute approximate surface area is 329 Å². The Bertz CT molecular complexity index is 811. The lowest BCUT2D eigenvalue weighted by Crippen LogP contribution is -2.30. The first-order chi connectivity index (χ1) is 25.8. The standard InChI is InChI=1S/C47H90O6/c1-6-8-9-10-20-29-34-39-47(50)53-44(41-52-46(49)38-33-28-24-23-26-31-36-43(5)7-2)40-51-45(48)37-32-27-22-19-17-15-13-11-12-14-16-18-21-25-30-35-42(3)4/h42-44H,6-41H2,1-5H3/t43?,44-/m0/s1. The summed E-state index contributed by atoms with van der Waals surface area (Å²) >= 11 is 0. The van der Waals surface area contributed by atoms with Gasteiger partial charge in [-0.15, -0.1) is 0 Å². The molecule has 6 nitrogen and oxygen atoms in total. The summed E-state index contributed by atoms with van der Waals surface area (Å²) in [4.78, 5) is 37.6. The summed E-state index contributed by atoms with van der Waals surface area (Å²) in [5.41, 5.74) is 0. The SMILES string of the molecule is CCCCCCCCCC(=O)O[C@@H](COC(=O)CCCCCCCCCCCCCCCCCC(C)C)COC(=O)CCCCCCCCC(C)CC. The first-order valence-electron chi connectivity index (χ1n) is 23.3. The molecular weight excluding hydrogens is 661 g/mol. The molecule has 314 valence electrons. The van der Waals surface area contributed by atoms with Crippen molar-refractivity contribution in [2.45, 2.75) is 259 Å². The van der Waals surface area contributed by atoms with Crippen molar-refractivity contribution in [1.29, 1.82) is 0 Å². The van der Waals surface area contributed by atoms with Crippen molar-refractivity contribution in [2.24, 2.45) is 11.8 Å². The molecule has 0 aliphatic carbocycles. The van der Waals surface area contributed by atoms with Gasteiger partial charge in [-0.1, -0.05) is 214 Å². The first kappa shape index (κ1) is 51.4. The van der Waals surface area contributed by atoms with E-state index in [1.807, 2.05) is 0 Å². The summed E-state index contributed by atoms with van der Waals surface area (Å²) in [5.74, 6) is 0.798. The van der Waals surface area contributed by atoms with Crippen LogP contribution in [0.3, 0.4) is 0 Å². The Morgan fingerprint density at radius 3 is 1.08 bits per heavy atom. The average Bonchev–Trinajstić information content (AvgIpc) is 3.14. The van der Waals surface area contributed by atoms with Crippen LogP contribution in [0, 0.1) is 11.8 Å². The van der Waals surface area contributed by atoms with Crippen LogP contribution in [-0.4, -0.2) is 37.2 Å². The molecule has 53 heavy (non-hydrogen) atoms. The molecule has 0 spiro atoms. The quantitative estimate of drug-likeness (QED) is 0.0352. The van der Waals surface area contributed by atoms with Crippen molar-refractivity contribution in [1.82, 2.24) is 0 Å². The van der Waals surface area contributed by atoms with Crippen LogP contribution in [-0.2, 0) is 28.6 Å². The third kappa shape index (κ3) is 39.9. The third-order valence-corrected chi connectivity index (χ3v) is 10.8. The maximum absolute atomic E-state index is 12.6. The van der Waals surface area contributed by atoms with E-state index in [0.29, 0.717) is 19.3 Å². The highest BCUT2D eigenvalue weighted by atomic mass is 16.6. The third-order valence-electron chi connectivity index (χ3n) is 10.8. The molecule has 0 aromatic carbocycles. The Morgan fingerprint density at radius 1 is 0.396 bits per heavy atom. The maximum Gasteiger partial charge on any atom is 0.306 e. The highest BCUT2D eigenvalue weighted by Gasteiger charge is 2.19. The number of rotatable bonds is 41. The van der Waals surface area contributed by atoms with Gasteiger partial charge >= 0.3 is 17.9 Å². The van der Waals surface area contributed by atoms with Crippen LogP contribution in [0.15, 0.2) is 0 Å². The van der Waals surface area contributed by atoms with Gasteiger partial charge in [0.2, 0.25) is 0 Å². The van der Waals surface area contributed by atoms with Crippen LogP contribution < -0.4 is 0 Å². The number of hydrogen-bond donors (Lipinski definition) is 0. The van der Waals surface area contributed by atoms with E-state index in [0.717, 1.165) is 69.6 Å². The number of carbonyl (C=O) groups excluding carboxylic acids is 3. The van der Waals surface area contributed by atoms with Crippen LogP contribution in [0.4, 0.5) is 0 Å². The Kier molecular flexibility index (Phi) is 38.9. The van der Waals surface area contributed by atoms with E-state index in [1.165, 1.54) is 141 Å². The summed E-state index contributed by atoms with van der Waals surface area (Å²) in [6, 6.07) is 0. The average molecular weight is 751 g/mol. The summed E-state index contributed by atoms with van der Waals surface area (Å²) < 4.78 is 16.7. The molecule has 0 saturated heterocycles. The molecule has 6 heteroatoms. The molecule has 1 unspecified atom stereocenters. The molecule has 0 bridgehead atoms. The first-order valence-corrected chi connectivity index (χ1v) is 23.3. The molecule has 0 fully saturated rings. The highest BCUT2D eigenvalue weighted by Crippen LogP contribution is 2.17. The van der Waals surface area contributed by atoms with Crippen molar-refractivity contribution in [2.75, 3.05) is 13.2 Å². The summed E-state index contributed by atoms with van der Waals surface area (Å²) in [5, 5.41) is 0. The van der Waals surface area contributed by atoms with Gasteiger partial charge in [-0.3, -0.25) is 14.4 Å². The van der Waals surface area contributed by atoms with Crippen LogP contribution in [0.5, 0.6) is 0 Å². The van der Waals surface area contributed by atoms with E-state index in [-0.39, 0.29) is 31.1 Å². The van der Waals surface area contributed by atoms with Crippen molar-refractivity contribution in [3.8, 4) is 0 Å². The lowest BCUT2D eigenvalue weighted by atomic mass is 10.00. The predicted molar refractivity (Wildman–Crippen MR) is 224 cm³/mol. The fraction of sp³-hybridized carbons (Fsp3) is 0.936. The topological polar surface area (TPSA) is 78.9 Å². The van der Waals surface area contributed by atoms with Gasteiger partial charge < -0.3 is 14.2 Å². The highest BCUT2D eigenvalue weighted by molar-refractivity contribution is 5.71. The minimum atomic E-state index is -0.759. The van der Waals surface area contributed by atoms with E-state index in [2.05, 4.69) is 34.6 Å². The number of ether oxygens (including phenoxy) is 3. The molecule has 2 atom stereocenters. The van der Waals surface area contributed by atoms with Gasteiger partial charge in [0, 0.05) is 19.3 Å². The molecule has 0 heterocycles. The fourth-order valence-electron chi connectivity index (χ4n) is 6.90. The number of unbranched alkanes of at least 4 members (excludes halogenated alkanes) is 25. The predicted octanol–water partition coefficient (Wildman–Crippen LogP) is 14.6. The van der Waals surface area contributed by atoms with Gasteiger partial charge in [-0.05, 0) is 31.1 Å². The minimum Gasteiger partial charge on any atom is -0.462 e. The zero-order valence-corrected chi connectivity index (χ0v) is 36.1. The Morgan fingerprint density at radius 2 is 0.717 bits per heavy atom. The molecule has 0 aromatic rings. The molecular formula is C47H90O6. The van der Waals surface area contributed by atoms with Crippen molar-refractivity contribution < 1.29 is 28.6 Å². The summed E-state index contributed by atoms with van der Waals surface area (Å²) in [6.45, 7) is 11.3. The fourth-order valence-corrected chi connectivity index (χ4v) is 6.90. The summed E-state index contributed by atoms with van der Waals surface area (Å²) in [6.07, 6.45) is 38.2. The smallest absolute Gasteiger partial charge is 0.306 e. The molecule has 0 aliphatic heterocycles. The van der Waals surface area contributed by atoms with Gasteiger partial charge in [0.25, 0.3) is 0 Å². The van der Waals surface area contributed by atoms with E-state index >= 15 is 0 Å². The number of carbonyl (C=O) groups is 3. The van der Waals surface area contributed by atoms with Gasteiger partial charge in [0.05, 0.1) is 0 Å². The Hall–Kier alpha value is -1.59. The molecule has 0 amide bonds. The van der Waals surface area contributed by atoms with Gasteiger partial charge in [-0.2, -0.15) is 0 Å². The summed E-state index contributed by atoms with van der Waals surface area (Å²) in [7, 11) is 0. The monoisotopic (exact) mass is 751 g/mol. The second-order valence-corrected chi connectivity index (χ2v) is 16.8. The number of esters is 3. The maximum atomic E-state index is 12.6. The zero-order chi connectivity index (χ0) is 39.0. The van der Waals surface area contributed by atoms with Gasteiger partial charge in [0.1, 0.15) is 13.2 Å². The lowest BCUT2D eigenvalue weighted by Gasteiger charge is -2.18. The van der Waals surface area contributed by atoms with E-state index in [9.17, 15) is 14.4 Å². The molecule has 0 rings (SSSR count). The van der Waals surface area contributed by atoms with Crippen molar-refractivity contribution >= 4 is 17.9 Å². The van der Waals surface area contributed by atoms with Crippen LogP contribution >= 0.6 is 0 Å². The van der Waals surface area contributed by atoms with E-state index in [1.54, 1.807) is 0 Å². The van der Waals surface area contributed by atoms with E-state index in [4.69, 9.17) is 14.2 Å². The van der Waals surface area contributed by atoms with Crippen molar-refractivity contribution in [3.63, 3.8) is 0 Å². The number of hydrogen-bond acceptors (Lipinski definition) is 6. The van der Waals surface area contributed by atoms with Crippen LogP contribution in [0.2, 0.25) is 0 Å². The molecule has 0 N–H and O–H groups in total. The van der Waals surface area contributed by atoms with Crippen LogP contribution in [0.25, 0.3) is 0 Å². The Balaban J connectivity index is 4.17. The molecule has 0 radical (unpaired) electrons. The van der Waals surface area contributed by atoms with E-state index < -0.39 is 6.10 Å². The van der Waals surface area contributed by atoms with Crippen LogP contribution in [0.1, 0.15) is 253 Å². The largest absolute Gasteiger partial charge is 0.462 e. The van der Waals surface area contributed by atoms with Gasteiger partial charge in [-0.25, -0.2) is 0 Å². The lowest BCUT2D eigenvalue weighted by molar-refractivity contribution is -0.167. The zero-order valence-electron chi connectivity index (χ0n) is 36.1. The second-order valence-electron chi connectivity index (χ2n) is 16.8. The normalized spacial score (nSPS) is 12.6. The minimum absolute atomic E-state index is 0.0657. The van der Waals surface area contributed by atoms with Gasteiger partial charge in [0.15, 0.2) is 6.10 Å². The molecule has 0 aliphatic rings. The molecule has 0 aromatic heterocycles. The second kappa shape index (κ2) is 40.1.